The quantitative estimate of drug-likeness (QED) is 0.219. The summed E-state index contributed by atoms with van der Waals surface area (Å²) in [6.45, 7) is 1.81. The summed E-state index contributed by atoms with van der Waals surface area (Å²) in [4.78, 5) is 26.2. The number of nitrogens with zero attached hydrogens (tertiary/aromatic N) is 2. The average Bonchev–Trinajstić information content (AvgIpc) is 3.61. The van der Waals surface area contributed by atoms with Crippen LogP contribution in [0.3, 0.4) is 0 Å². The van der Waals surface area contributed by atoms with Crippen LogP contribution in [0.2, 0.25) is 5.02 Å². The number of rotatable bonds is 8. The number of nitrogens with one attached hydrogen (secondary N) is 2. The van der Waals surface area contributed by atoms with Crippen LogP contribution in [0, 0.1) is 0 Å². The van der Waals surface area contributed by atoms with Gasteiger partial charge in [0.15, 0.2) is 5.76 Å². The molecule has 0 aliphatic rings. The van der Waals surface area contributed by atoms with Crippen molar-refractivity contribution in [2.45, 2.75) is 13.5 Å². The van der Waals surface area contributed by atoms with Gasteiger partial charge >= 0.3 is 0 Å². The molecule has 12 heteroatoms. The predicted molar refractivity (Wildman–Crippen MR) is 135 cm³/mol. The molecule has 0 aliphatic heterocycles. The van der Waals surface area contributed by atoms with Crippen molar-refractivity contribution in [3.05, 3.63) is 73.9 Å². The van der Waals surface area contributed by atoms with Crippen LogP contribution in [-0.4, -0.2) is 34.9 Å². The van der Waals surface area contributed by atoms with Crippen LogP contribution in [-0.2, 0) is 6.54 Å². The number of carbonyl (C=O) groups is 2. The third kappa shape index (κ3) is 5.70. The number of carbonyl (C=O) groups excluding carboxylic acids is 2. The third-order valence-electron chi connectivity index (χ3n) is 4.81. The second kappa shape index (κ2) is 10.7. The fourth-order valence-corrected chi connectivity index (χ4v) is 4.92. The Morgan fingerprint density at radius 2 is 1.89 bits per heavy atom. The highest BCUT2D eigenvalue weighted by Crippen LogP contribution is 2.39. The third-order valence-corrected chi connectivity index (χ3v) is 7.16. The number of benzene rings is 1. The van der Waals surface area contributed by atoms with E-state index in [0.29, 0.717) is 42.6 Å². The van der Waals surface area contributed by atoms with Crippen LogP contribution in [0.5, 0.6) is 11.6 Å². The minimum atomic E-state index is -0.471. The Morgan fingerprint density at radius 1 is 1.17 bits per heavy atom. The number of hydrazone groups is 1. The number of ether oxygens (including phenoxy) is 1. The standard InChI is InChI=1S/C23H19ClN4O5S2/c1-12(16-11-34-21(20(16)29)13-3-5-14(24)6-4-13)26-27-23(31)18-8-7-17(35-18)22(30)25-10-15-9-19(32-2)28-33-15/h3-9,11,29H,10H2,1-2H3,(H,25,30)(H,27,31)/b26-12+. The van der Waals surface area contributed by atoms with E-state index in [4.69, 9.17) is 20.9 Å². The van der Waals surface area contributed by atoms with Gasteiger partial charge in [0.05, 0.1) is 39.6 Å². The molecule has 0 aliphatic carbocycles. The normalized spacial score (nSPS) is 11.3. The molecule has 0 fully saturated rings. The summed E-state index contributed by atoms with van der Waals surface area (Å²) in [6, 6.07) is 11.8. The molecule has 3 aromatic heterocycles. The minimum Gasteiger partial charge on any atom is -0.506 e. The zero-order chi connectivity index (χ0) is 24.9. The van der Waals surface area contributed by atoms with Gasteiger partial charge < -0.3 is 19.7 Å². The Labute approximate surface area is 213 Å². The maximum atomic E-state index is 12.5. The summed E-state index contributed by atoms with van der Waals surface area (Å²) in [6.07, 6.45) is 0. The highest BCUT2D eigenvalue weighted by molar-refractivity contribution is 7.16. The Bertz CT molecular complexity index is 1390. The molecule has 0 radical (unpaired) electrons. The number of halogens is 1. The largest absolute Gasteiger partial charge is 0.506 e. The Hall–Kier alpha value is -3.67. The Morgan fingerprint density at radius 3 is 2.57 bits per heavy atom. The van der Waals surface area contributed by atoms with E-state index in [1.807, 2.05) is 12.1 Å². The van der Waals surface area contributed by atoms with E-state index in [1.165, 1.54) is 24.5 Å². The molecule has 4 aromatic rings. The first-order valence-electron chi connectivity index (χ1n) is 10.1. The van der Waals surface area contributed by atoms with E-state index in [0.717, 1.165) is 16.9 Å². The van der Waals surface area contributed by atoms with Crippen LogP contribution in [0.25, 0.3) is 10.4 Å². The van der Waals surface area contributed by atoms with Crippen molar-refractivity contribution in [1.82, 2.24) is 15.9 Å². The highest BCUT2D eigenvalue weighted by atomic mass is 35.5. The molecular formula is C23H19ClN4O5S2. The molecule has 1 aromatic carbocycles. The molecule has 0 atom stereocenters. The van der Waals surface area contributed by atoms with Crippen molar-refractivity contribution in [3.8, 4) is 22.1 Å². The fraction of sp³-hybridized carbons (Fsp3) is 0.130. The van der Waals surface area contributed by atoms with Crippen LogP contribution in [0.4, 0.5) is 0 Å². The fourth-order valence-electron chi connectivity index (χ4n) is 2.97. The van der Waals surface area contributed by atoms with Gasteiger partial charge in [-0.25, -0.2) is 5.43 Å². The zero-order valence-electron chi connectivity index (χ0n) is 18.5. The first-order chi connectivity index (χ1) is 16.9. The summed E-state index contributed by atoms with van der Waals surface area (Å²) in [5, 5.41) is 23.5. The van der Waals surface area contributed by atoms with Gasteiger partial charge in [0.2, 0.25) is 0 Å². The van der Waals surface area contributed by atoms with E-state index in [-0.39, 0.29) is 18.2 Å². The van der Waals surface area contributed by atoms with Crippen molar-refractivity contribution in [2.24, 2.45) is 5.10 Å². The van der Waals surface area contributed by atoms with Gasteiger partial charge in [-0.15, -0.1) is 22.7 Å². The van der Waals surface area contributed by atoms with E-state index in [2.05, 4.69) is 21.0 Å². The van der Waals surface area contributed by atoms with Gasteiger partial charge in [-0.1, -0.05) is 23.7 Å². The topological polar surface area (TPSA) is 126 Å². The molecule has 180 valence electrons. The molecule has 0 saturated heterocycles. The minimum absolute atomic E-state index is 0.0762. The number of aromatic nitrogens is 1. The molecule has 0 spiro atoms. The molecular weight excluding hydrogens is 512 g/mol. The van der Waals surface area contributed by atoms with Crippen LogP contribution < -0.4 is 15.5 Å². The second-order valence-electron chi connectivity index (χ2n) is 7.15. The van der Waals surface area contributed by atoms with Crippen LogP contribution in [0.1, 0.15) is 37.6 Å². The Balaban J connectivity index is 1.37. The van der Waals surface area contributed by atoms with Crippen LogP contribution in [0.15, 0.2) is 57.5 Å². The van der Waals surface area contributed by atoms with Gasteiger partial charge in [0.25, 0.3) is 17.7 Å². The maximum Gasteiger partial charge on any atom is 0.281 e. The van der Waals surface area contributed by atoms with Gasteiger partial charge in [0.1, 0.15) is 5.75 Å². The number of thiophene rings is 2. The average molecular weight is 531 g/mol. The molecule has 0 saturated carbocycles. The summed E-state index contributed by atoms with van der Waals surface area (Å²) in [5.41, 5.74) is 4.24. The molecule has 2 amide bonds. The lowest BCUT2D eigenvalue weighted by molar-refractivity contribution is 0.0947. The molecule has 0 unspecified atom stereocenters. The van der Waals surface area contributed by atoms with E-state index >= 15 is 0 Å². The summed E-state index contributed by atoms with van der Waals surface area (Å²) in [7, 11) is 1.46. The molecule has 0 bridgehead atoms. The van der Waals surface area contributed by atoms with Crippen molar-refractivity contribution in [3.63, 3.8) is 0 Å². The van der Waals surface area contributed by atoms with E-state index < -0.39 is 5.91 Å². The molecule has 35 heavy (non-hydrogen) atoms. The maximum absolute atomic E-state index is 12.5. The zero-order valence-corrected chi connectivity index (χ0v) is 20.9. The number of hydrogen-bond acceptors (Lipinski definition) is 9. The number of hydrogen-bond donors (Lipinski definition) is 3. The number of amides is 2. The van der Waals surface area contributed by atoms with E-state index in [1.54, 1.807) is 36.6 Å². The molecule has 3 N–H and O–H groups in total. The molecule has 9 nitrogen and oxygen atoms in total. The summed E-state index contributed by atoms with van der Waals surface area (Å²) >= 11 is 8.32. The summed E-state index contributed by atoms with van der Waals surface area (Å²) in [5.74, 6) is -0.00194. The predicted octanol–water partition coefficient (Wildman–Crippen LogP) is 4.92. The van der Waals surface area contributed by atoms with E-state index in [9.17, 15) is 14.7 Å². The van der Waals surface area contributed by atoms with Crippen molar-refractivity contribution in [2.75, 3.05) is 7.11 Å². The lowest BCUT2D eigenvalue weighted by atomic mass is 10.1. The number of aromatic hydroxyl groups is 1. The number of methoxy groups -OCH3 is 1. The summed E-state index contributed by atoms with van der Waals surface area (Å²) < 4.78 is 9.96. The van der Waals surface area contributed by atoms with Crippen molar-refractivity contribution >= 4 is 51.8 Å². The Kier molecular flexibility index (Phi) is 7.49. The first-order valence-corrected chi connectivity index (χ1v) is 12.2. The van der Waals surface area contributed by atoms with Crippen molar-refractivity contribution in [1.29, 1.82) is 0 Å². The smallest absolute Gasteiger partial charge is 0.281 e. The molecule has 3 heterocycles. The molecule has 4 rings (SSSR count). The van der Waals surface area contributed by atoms with Gasteiger partial charge in [-0.3, -0.25) is 9.59 Å². The lowest BCUT2D eigenvalue weighted by Crippen LogP contribution is -2.21. The van der Waals surface area contributed by atoms with Gasteiger partial charge in [-0.05, 0) is 41.9 Å². The lowest BCUT2D eigenvalue weighted by Gasteiger charge is -2.03. The van der Waals surface area contributed by atoms with Gasteiger partial charge in [-0.2, -0.15) is 5.10 Å². The highest BCUT2D eigenvalue weighted by Gasteiger charge is 2.17. The second-order valence-corrected chi connectivity index (χ2v) is 9.55. The SMILES string of the molecule is COc1cc(CNC(=O)c2ccc(C(=O)N/N=C(\C)c3csc(-c4ccc(Cl)cc4)c3O)s2)on1. The van der Waals surface area contributed by atoms with Gasteiger partial charge in [0, 0.05) is 16.5 Å². The first kappa shape index (κ1) is 24.5. The van der Waals surface area contributed by atoms with Crippen LogP contribution >= 0.6 is 34.3 Å². The van der Waals surface area contributed by atoms with Crippen molar-refractivity contribution < 1.29 is 24.0 Å². The monoisotopic (exact) mass is 530 g/mol.